The van der Waals surface area contributed by atoms with E-state index in [1.165, 1.54) is 6.92 Å². The molecule has 0 aromatic rings. The number of carbonyl (C=O) groups is 4. The molecule has 13 atom stereocenters. The number of allylic oxidation sites excluding steroid dienone is 1. The highest BCUT2D eigenvalue weighted by molar-refractivity contribution is 5.99. The maximum Gasteiger partial charge on any atom is 0.342 e. The number of ether oxygens (including phenoxy) is 3. The van der Waals surface area contributed by atoms with Crippen LogP contribution >= 0.6 is 0 Å². The summed E-state index contributed by atoms with van der Waals surface area (Å²) in [6.45, 7) is 6.42. The lowest BCUT2D eigenvalue weighted by Crippen LogP contribution is -2.78. The molecule has 8 aliphatic rings. The average Bonchev–Trinajstić information content (AvgIpc) is 3.44. The lowest BCUT2D eigenvalue weighted by Gasteiger charge is -2.62. The molecule has 12 nitrogen and oxygen atoms in total. The summed E-state index contributed by atoms with van der Waals surface area (Å²) >= 11 is 0. The SMILES string of the molecule is C[C@H]1C(=O)OC2C[C@@]1(C)C1C(=O)[C@]3(O)O[C@@]14[C@@](O)(CCC1C3C[C@H](O)[C@@]35C=C(CC(=O)[C@]13C)OO5)C(=O)O[C@@]24C. The van der Waals surface area contributed by atoms with Crippen LogP contribution in [0, 0.1) is 34.5 Å². The Bertz CT molecular complexity index is 1370. The van der Waals surface area contributed by atoms with E-state index in [1.54, 1.807) is 26.8 Å². The zero-order valence-corrected chi connectivity index (χ0v) is 22.6. The van der Waals surface area contributed by atoms with Crippen molar-refractivity contribution in [3.05, 3.63) is 11.8 Å². The summed E-state index contributed by atoms with van der Waals surface area (Å²) in [5.74, 6) is -9.24. The number of fused-ring (bicyclic) bond motifs is 8. The van der Waals surface area contributed by atoms with Crippen molar-refractivity contribution in [2.75, 3.05) is 0 Å². The smallest absolute Gasteiger partial charge is 0.342 e. The van der Waals surface area contributed by atoms with Gasteiger partial charge in [-0.1, -0.05) is 13.8 Å². The summed E-state index contributed by atoms with van der Waals surface area (Å²) in [4.78, 5) is 66.2. The number of ketones is 2. The standard InChI is InChI=1S/C28H32O12/c1-11-20(32)36-17-10-22(11,2)18-19(31)27(35)14-8-16(30)26-9-12(38-40-26)7-15(29)23(26,3)13(14)5-6-25(34)21(33)37-24(17,4)28(18,25)39-27/h9,11,13-14,16-18,30,34-35H,5-8,10H2,1-4H3/t11-,13?,14?,16-,17?,18?,22+,23-,24-,25+,26-,27+,28-/m0/s1. The van der Waals surface area contributed by atoms with E-state index in [2.05, 4.69) is 0 Å². The van der Waals surface area contributed by atoms with E-state index in [-0.39, 0.29) is 43.6 Å². The van der Waals surface area contributed by atoms with Gasteiger partial charge in [-0.3, -0.25) is 14.4 Å². The van der Waals surface area contributed by atoms with Crippen LogP contribution in [0.1, 0.15) is 59.8 Å². The fourth-order valence-corrected chi connectivity index (χ4v) is 10.3. The predicted molar refractivity (Wildman–Crippen MR) is 126 cm³/mol. The van der Waals surface area contributed by atoms with Crippen LogP contribution in [0.15, 0.2) is 11.8 Å². The largest absolute Gasteiger partial charge is 0.458 e. The Labute approximate surface area is 228 Å². The van der Waals surface area contributed by atoms with Gasteiger partial charge in [0.1, 0.15) is 17.6 Å². The molecule has 0 radical (unpaired) electrons. The molecule has 2 saturated carbocycles. The van der Waals surface area contributed by atoms with E-state index < -0.39 is 92.6 Å². The van der Waals surface area contributed by atoms with Gasteiger partial charge >= 0.3 is 11.9 Å². The number of aliphatic hydroxyl groups excluding tert-OH is 1. The van der Waals surface area contributed by atoms with Crippen LogP contribution < -0.4 is 0 Å². The summed E-state index contributed by atoms with van der Waals surface area (Å²) in [5.41, 5.74) is -10.5. The Hall–Kier alpha value is -2.38. The van der Waals surface area contributed by atoms with E-state index in [1.807, 2.05) is 0 Å². The zero-order chi connectivity index (χ0) is 28.6. The first-order valence-electron chi connectivity index (χ1n) is 14.0. The molecule has 0 aromatic carbocycles. The monoisotopic (exact) mass is 560 g/mol. The molecule has 3 aliphatic carbocycles. The third kappa shape index (κ3) is 2.13. The molecular formula is C28H32O12. The number of esters is 2. The second-order valence-electron chi connectivity index (χ2n) is 13.9. The minimum atomic E-state index is -2.63. The summed E-state index contributed by atoms with van der Waals surface area (Å²) in [6, 6.07) is 0. The van der Waals surface area contributed by atoms with E-state index in [4.69, 9.17) is 24.0 Å². The highest BCUT2D eigenvalue weighted by Gasteiger charge is 2.92. The van der Waals surface area contributed by atoms with Crippen LogP contribution in [0.2, 0.25) is 0 Å². The second kappa shape index (κ2) is 6.64. The van der Waals surface area contributed by atoms with E-state index in [0.29, 0.717) is 0 Å². The normalized spacial score (nSPS) is 60.8. The molecule has 6 bridgehead atoms. The molecule has 40 heavy (non-hydrogen) atoms. The molecule has 0 aromatic heterocycles. The first-order chi connectivity index (χ1) is 18.6. The maximum absolute atomic E-state index is 14.7. The molecule has 3 N–H and O–H groups in total. The van der Waals surface area contributed by atoms with Gasteiger partial charge in [0.2, 0.25) is 5.79 Å². The molecular weight excluding hydrogens is 528 g/mol. The molecule has 6 fully saturated rings. The summed E-state index contributed by atoms with van der Waals surface area (Å²) in [7, 11) is 0. The third-order valence-electron chi connectivity index (χ3n) is 12.7. The minimum Gasteiger partial charge on any atom is -0.458 e. The van der Waals surface area contributed by atoms with Gasteiger partial charge in [0, 0.05) is 5.92 Å². The number of hydrogen-bond acceptors (Lipinski definition) is 12. The molecule has 216 valence electrons. The van der Waals surface area contributed by atoms with Gasteiger partial charge in [0.15, 0.2) is 28.2 Å². The van der Waals surface area contributed by atoms with Crippen molar-refractivity contribution in [3.63, 3.8) is 0 Å². The summed E-state index contributed by atoms with van der Waals surface area (Å²) < 4.78 is 18.1. The molecule has 5 aliphatic heterocycles. The summed E-state index contributed by atoms with van der Waals surface area (Å²) in [5, 5.41) is 36.4. The van der Waals surface area contributed by atoms with Gasteiger partial charge < -0.3 is 34.4 Å². The lowest BCUT2D eigenvalue weighted by atomic mass is 9.46. The van der Waals surface area contributed by atoms with Gasteiger partial charge in [-0.2, -0.15) is 4.89 Å². The van der Waals surface area contributed by atoms with Crippen LogP contribution in [-0.4, -0.2) is 79.2 Å². The topological polar surface area (TPSA) is 175 Å². The molecule has 4 saturated heterocycles. The molecule has 5 heterocycles. The maximum atomic E-state index is 14.7. The van der Waals surface area contributed by atoms with Crippen LogP contribution in [0.3, 0.4) is 0 Å². The van der Waals surface area contributed by atoms with Crippen molar-refractivity contribution in [3.8, 4) is 0 Å². The lowest BCUT2D eigenvalue weighted by molar-refractivity contribution is -0.378. The summed E-state index contributed by atoms with van der Waals surface area (Å²) in [6.07, 6.45) is -1.24. The van der Waals surface area contributed by atoms with Crippen LogP contribution in [-0.2, 0) is 43.2 Å². The number of hydrogen-bond donors (Lipinski definition) is 3. The first-order valence-corrected chi connectivity index (χ1v) is 14.0. The van der Waals surface area contributed by atoms with E-state index in [9.17, 15) is 34.5 Å². The molecule has 8 rings (SSSR count). The minimum absolute atomic E-state index is 0.000266. The average molecular weight is 561 g/mol. The Morgan fingerprint density at radius 2 is 1.77 bits per heavy atom. The Morgan fingerprint density at radius 1 is 1.05 bits per heavy atom. The number of carbonyl (C=O) groups excluding carboxylic acids is 4. The van der Waals surface area contributed by atoms with Gasteiger partial charge in [0.05, 0.1) is 29.8 Å². The van der Waals surface area contributed by atoms with Crippen molar-refractivity contribution < 1.29 is 58.5 Å². The first kappa shape index (κ1) is 25.3. The van der Waals surface area contributed by atoms with Crippen LogP contribution in [0.4, 0.5) is 0 Å². The van der Waals surface area contributed by atoms with Crippen molar-refractivity contribution in [2.24, 2.45) is 34.5 Å². The zero-order valence-electron chi connectivity index (χ0n) is 22.6. The van der Waals surface area contributed by atoms with E-state index in [0.717, 1.165) is 0 Å². The Morgan fingerprint density at radius 3 is 2.50 bits per heavy atom. The van der Waals surface area contributed by atoms with Gasteiger partial charge in [0.25, 0.3) is 0 Å². The number of rotatable bonds is 0. The number of aliphatic hydroxyl groups is 3. The second-order valence-corrected chi connectivity index (χ2v) is 13.9. The predicted octanol–water partition coefficient (Wildman–Crippen LogP) is 0.00180. The van der Waals surface area contributed by atoms with E-state index >= 15 is 0 Å². The molecule has 12 heteroatoms. The Balaban J connectivity index is 1.38. The highest BCUT2D eigenvalue weighted by Crippen LogP contribution is 2.74. The van der Waals surface area contributed by atoms with Crippen molar-refractivity contribution >= 4 is 23.5 Å². The fourth-order valence-electron chi connectivity index (χ4n) is 10.3. The van der Waals surface area contributed by atoms with Crippen LogP contribution in [0.5, 0.6) is 0 Å². The Kier molecular flexibility index (Phi) is 4.21. The number of Topliss-reactive ketones (excluding diaryl/α,β-unsaturated/α-hetero) is 2. The van der Waals surface area contributed by atoms with Crippen molar-refractivity contribution in [1.29, 1.82) is 0 Å². The van der Waals surface area contributed by atoms with Crippen molar-refractivity contribution in [1.82, 2.24) is 0 Å². The van der Waals surface area contributed by atoms with Gasteiger partial charge in [-0.15, -0.1) is 0 Å². The van der Waals surface area contributed by atoms with Gasteiger partial charge in [-0.25, -0.2) is 4.79 Å². The molecule has 4 unspecified atom stereocenters. The van der Waals surface area contributed by atoms with Crippen molar-refractivity contribution in [2.45, 2.75) is 100 Å². The quantitative estimate of drug-likeness (QED) is 0.268. The third-order valence-corrected chi connectivity index (χ3v) is 12.7. The molecule has 0 amide bonds. The van der Waals surface area contributed by atoms with Gasteiger partial charge in [-0.05, 0) is 56.9 Å². The highest BCUT2D eigenvalue weighted by atomic mass is 17.2. The fraction of sp³-hybridized carbons (Fsp3) is 0.786. The molecule has 2 spiro atoms. The van der Waals surface area contributed by atoms with Crippen LogP contribution in [0.25, 0.3) is 0 Å².